The first-order valence-corrected chi connectivity index (χ1v) is 5.72. The molecule has 3 rings (SSSR count). The number of anilines is 2. The van der Waals surface area contributed by atoms with Crippen LogP contribution >= 0.6 is 0 Å². The SMILES string of the molecule is O=C1Cc2ccc(C(=O)Nc3cnccn3)cc2N1. The van der Waals surface area contributed by atoms with Gasteiger partial charge in [-0.3, -0.25) is 14.6 Å². The Morgan fingerprint density at radius 1 is 1.32 bits per heavy atom. The van der Waals surface area contributed by atoms with E-state index in [-0.39, 0.29) is 11.8 Å². The minimum absolute atomic E-state index is 0.0542. The topological polar surface area (TPSA) is 84.0 Å². The molecule has 2 N–H and O–H groups in total. The lowest BCUT2D eigenvalue weighted by Crippen LogP contribution is -2.13. The van der Waals surface area contributed by atoms with Crippen molar-refractivity contribution in [2.75, 3.05) is 10.6 Å². The molecule has 1 aliphatic rings. The first kappa shape index (κ1) is 11.3. The Morgan fingerprint density at radius 2 is 2.21 bits per heavy atom. The number of hydrogen-bond donors (Lipinski definition) is 2. The Morgan fingerprint density at radius 3 is 3.00 bits per heavy atom. The molecule has 0 radical (unpaired) electrons. The standard InChI is InChI=1S/C13H10N4O2/c18-12-6-8-1-2-9(5-10(8)16-12)13(19)17-11-7-14-3-4-15-11/h1-5,7H,6H2,(H,16,18)(H,15,17,19). The summed E-state index contributed by atoms with van der Waals surface area (Å²) in [5.74, 6) is 0.0444. The molecule has 19 heavy (non-hydrogen) atoms. The molecule has 0 bridgehead atoms. The Labute approximate surface area is 108 Å². The monoisotopic (exact) mass is 254 g/mol. The molecule has 0 spiro atoms. The lowest BCUT2D eigenvalue weighted by atomic mass is 10.1. The van der Waals surface area contributed by atoms with Crippen molar-refractivity contribution in [3.8, 4) is 0 Å². The van der Waals surface area contributed by atoms with E-state index in [4.69, 9.17) is 0 Å². The van der Waals surface area contributed by atoms with Crippen molar-refractivity contribution in [3.05, 3.63) is 47.9 Å². The van der Waals surface area contributed by atoms with Crippen LogP contribution in [0.5, 0.6) is 0 Å². The van der Waals surface area contributed by atoms with Gasteiger partial charge in [-0.25, -0.2) is 4.98 Å². The van der Waals surface area contributed by atoms with Crippen molar-refractivity contribution < 1.29 is 9.59 Å². The molecule has 1 aromatic carbocycles. The quantitative estimate of drug-likeness (QED) is 0.844. The normalized spacial score (nSPS) is 12.7. The van der Waals surface area contributed by atoms with E-state index in [1.807, 2.05) is 0 Å². The Bertz CT molecular complexity index is 655. The van der Waals surface area contributed by atoms with Gasteiger partial charge in [0.15, 0.2) is 5.82 Å². The summed E-state index contributed by atoms with van der Waals surface area (Å²) >= 11 is 0. The molecular weight excluding hydrogens is 244 g/mol. The molecule has 2 amide bonds. The van der Waals surface area contributed by atoms with Gasteiger partial charge in [0.1, 0.15) is 0 Å². The zero-order chi connectivity index (χ0) is 13.2. The first-order valence-electron chi connectivity index (χ1n) is 5.72. The summed E-state index contributed by atoms with van der Waals surface area (Å²) in [6.45, 7) is 0. The van der Waals surface area contributed by atoms with Gasteiger partial charge < -0.3 is 10.6 Å². The minimum Gasteiger partial charge on any atom is -0.326 e. The van der Waals surface area contributed by atoms with Crippen molar-refractivity contribution in [2.24, 2.45) is 0 Å². The highest BCUT2D eigenvalue weighted by atomic mass is 16.2. The van der Waals surface area contributed by atoms with Gasteiger partial charge in [0.25, 0.3) is 5.91 Å². The Kier molecular flexibility index (Phi) is 2.68. The van der Waals surface area contributed by atoms with Gasteiger partial charge in [-0.2, -0.15) is 0 Å². The molecule has 0 unspecified atom stereocenters. The fourth-order valence-electron chi connectivity index (χ4n) is 1.91. The predicted octanol–water partition coefficient (Wildman–Crippen LogP) is 1.22. The van der Waals surface area contributed by atoms with Gasteiger partial charge in [-0.1, -0.05) is 6.07 Å². The third-order valence-electron chi connectivity index (χ3n) is 2.80. The van der Waals surface area contributed by atoms with E-state index in [1.54, 1.807) is 18.2 Å². The Balaban J connectivity index is 1.82. The van der Waals surface area contributed by atoms with Gasteiger partial charge >= 0.3 is 0 Å². The zero-order valence-corrected chi connectivity index (χ0v) is 9.88. The van der Waals surface area contributed by atoms with E-state index in [0.717, 1.165) is 5.56 Å². The fourth-order valence-corrected chi connectivity index (χ4v) is 1.91. The minimum atomic E-state index is -0.288. The number of rotatable bonds is 2. The number of nitrogens with one attached hydrogen (secondary N) is 2. The van der Waals surface area contributed by atoms with E-state index in [9.17, 15) is 9.59 Å². The highest BCUT2D eigenvalue weighted by Gasteiger charge is 2.19. The second-order valence-electron chi connectivity index (χ2n) is 4.14. The van der Waals surface area contributed by atoms with Crippen LogP contribution in [0, 0.1) is 0 Å². The van der Waals surface area contributed by atoms with E-state index >= 15 is 0 Å². The maximum absolute atomic E-state index is 12.0. The summed E-state index contributed by atoms with van der Waals surface area (Å²) in [6.07, 6.45) is 4.85. The third kappa shape index (κ3) is 2.28. The molecule has 0 saturated carbocycles. The van der Waals surface area contributed by atoms with Gasteiger partial charge in [-0.05, 0) is 17.7 Å². The summed E-state index contributed by atoms with van der Waals surface area (Å²) < 4.78 is 0. The number of fused-ring (bicyclic) bond motifs is 1. The lowest BCUT2D eigenvalue weighted by Gasteiger charge is -2.05. The van der Waals surface area contributed by atoms with Crippen LogP contribution in [0.15, 0.2) is 36.8 Å². The van der Waals surface area contributed by atoms with E-state index in [2.05, 4.69) is 20.6 Å². The summed E-state index contributed by atoms with van der Waals surface area (Å²) in [4.78, 5) is 31.1. The van der Waals surface area contributed by atoms with E-state index in [1.165, 1.54) is 18.6 Å². The number of benzene rings is 1. The molecule has 6 heteroatoms. The molecule has 6 nitrogen and oxygen atoms in total. The fraction of sp³-hybridized carbons (Fsp3) is 0.0769. The second kappa shape index (κ2) is 4.49. The number of nitrogens with zero attached hydrogens (tertiary/aromatic N) is 2. The zero-order valence-electron chi connectivity index (χ0n) is 9.88. The van der Waals surface area contributed by atoms with Gasteiger partial charge in [0.2, 0.25) is 5.91 Å². The van der Waals surface area contributed by atoms with Crippen molar-refractivity contribution in [1.29, 1.82) is 0 Å². The van der Waals surface area contributed by atoms with Crippen LogP contribution in [-0.4, -0.2) is 21.8 Å². The number of carbonyl (C=O) groups is 2. The van der Waals surface area contributed by atoms with E-state index in [0.29, 0.717) is 23.5 Å². The Hall–Kier alpha value is -2.76. The maximum Gasteiger partial charge on any atom is 0.256 e. The molecule has 2 aromatic rings. The van der Waals surface area contributed by atoms with Crippen LogP contribution in [0.1, 0.15) is 15.9 Å². The number of amides is 2. The van der Waals surface area contributed by atoms with Gasteiger partial charge in [0, 0.05) is 23.6 Å². The largest absolute Gasteiger partial charge is 0.326 e. The van der Waals surface area contributed by atoms with Crippen LogP contribution in [0.4, 0.5) is 11.5 Å². The number of aromatic nitrogens is 2. The average Bonchev–Trinajstić information content (AvgIpc) is 2.78. The molecule has 1 aliphatic heterocycles. The average molecular weight is 254 g/mol. The van der Waals surface area contributed by atoms with Crippen molar-refractivity contribution in [3.63, 3.8) is 0 Å². The molecule has 94 valence electrons. The molecule has 1 aromatic heterocycles. The highest BCUT2D eigenvalue weighted by molar-refractivity contribution is 6.06. The van der Waals surface area contributed by atoms with Crippen molar-refractivity contribution >= 4 is 23.3 Å². The molecule has 2 heterocycles. The lowest BCUT2D eigenvalue weighted by molar-refractivity contribution is -0.115. The highest BCUT2D eigenvalue weighted by Crippen LogP contribution is 2.24. The van der Waals surface area contributed by atoms with Crippen molar-refractivity contribution in [1.82, 2.24) is 9.97 Å². The van der Waals surface area contributed by atoms with Crippen LogP contribution in [0.2, 0.25) is 0 Å². The second-order valence-corrected chi connectivity index (χ2v) is 4.14. The van der Waals surface area contributed by atoms with Crippen LogP contribution in [0.25, 0.3) is 0 Å². The molecular formula is C13H10N4O2. The summed E-state index contributed by atoms with van der Waals surface area (Å²) in [5, 5.41) is 5.34. The summed E-state index contributed by atoms with van der Waals surface area (Å²) in [5.41, 5.74) is 2.06. The van der Waals surface area contributed by atoms with Crippen LogP contribution in [0.3, 0.4) is 0 Å². The van der Waals surface area contributed by atoms with Crippen LogP contribution < -0.4 is 10.6 Å². The summed E-state index contributed by atoms with van der Waals surface area (Å²) in [7, 11) is 0. The number of carbonyl (C=O) groups excluding carboxylic acids is 2. The molecule has 0 fully saturated rings. The molecule has 0 atom stereocenters. The number of hydrogen-bond acceptors (Lipinski definition) is 4. The van der Waals surface area contributed by atoms with E-state index < -0.39 is 0 Å². The first-order chi connectivity index (χ1) is 9.22. The third-order valence-corrected chi connectivity index (χ3v) is 2.80. The molecule has 0 saturated heterocycles. The van der Waals surface area contributed by atoms with Gasteiger partial charge in [0.05, 0.1) is 12.6 Å². The smallest absolute Gasteiger partial charge is 0.256 e. The summed E-state index contributed by atoms with van der Waals surface area (Å²) in [6, 6.07) is 5.12. The van der Waals surface area contributed by atoms with Crippen LogP contribution in [-0.2, 0) is 11.2 Å². The van der Waals surface area contributed by atoms with Crippen molar-refractivity contribution in [2.45, 2.75) is 6.42 Å². The van der Waals surface area contributed by atoms with Gasteiger partial charge in [-0.15, -0.1) is 0 Å². The maximum atomic E-state index is 12.0. The predicted molar refractivity (Wildman–Crippen MR) is 68.8 cm³/mol. The molecule has 0 aliphatic carbocycles.